The van der Waals surface area contributed by atoms with Crippen LogP contribution in [0.3, 0.4) is 0 Å². The van der Waals surface area contributed by atoms with Crippen LogP contribution in [0.5, 0.6) is 0 Å². The van der Waals surface area contributed by atoms with Crippen molar-refractivity contribution in [2.45, 2.75) is 45.8 Å². The molecule has 2 rings (SSSR count). The Labute approximate surface area is 123 Å². The fraction of sp³-hybridized carbons (Fsp3) is 0.647. The van der Waals surface area contributed by atoms with Gasteiger partial charge in [0.1, 0.15) is 0 Å². The average molecular weight is 275 g/mol. The lowest BCUT2D eigenvalue weighted by Gasteiger charge is -2.45. The molecule has 0 saturated carbocycles. The summed E-state index contributed by atoms with van der Waals surface area (Å²) in [5.74, 6) is 0. The summed E-state index contributed by atoms with van der Waals surface area (Å²) in [6.45, 7) is 11.9. The first-order chi connectivity index (χ1) is 9.45. The van der Waals surface area contributed by atoms with Gasteiger partial charge in [0.2, 0.25) is 0 Å². The van der Waals surface area contributed by atoms with Gasteiger partial charge in [-0.05, 0) is 51.4 Å². The Balaban J connectivity index is 2.26. The zero-order chi connectivity index (χ0) is 14.9. The number of hydrogen-bond acceptors (Lipinski definition) is 3. The van der Waals surface area contributed by atoms with Crippen LogP contribution in [0, 0.1) is 13.8 Å². The van der Waals surface area contributed by atoms with Crippen LogP contribution < -0.4 is 5.73 Å². The van der Waals surface area contributed by atoms with E-state index in [-0.39, 0.29) is 0 Å². The molecule has 0 radical (unpaired) electrons. The highest BCUT2D eigenvalue weighted by Crippen LogP contribution is 2.28. The van der Waals surface area contributed by atoms with Crippen molar-refractivity contribution < 1.29 is 0 Å². The highest BCUT2D eigenvalue weighted by atomic mass is 15.3. The Hall–Kier alpha value is -0.900. The average Bonchev–Trinajstić information content (AvgIpc) is 2.41. The Morgan fingerprint density at radius 3 is 2.35 bits per heavy atom. The molecule has 3 unspecified atom stereocenters. The Bertz CT molecular complexity index is 446. The highest BCUT2D eigenvalue weighted by molar-refractivity contribution is 5.35. The van der Waals surface area contributed by atoms with Crippen LogP contribution in [-0.4, -0.2) is 48.6 Å². The van der Waals surface area contributed by atoms with Crippen LogP contribution in [0.25, 0.3) is 0 Å². The molecular weight excluding hydrogens is 246 g/mol. The maximum atomic E-state index is 6.12. The monoisotopic (exact) mass is 275 g/mol. The maximum Gasteiger partial charge on any atom is 0.0474 e. The van der Waals surface area contributed by atoms with E-state index in [1.54, 1.807) is 0 Å². The smallest absolute Gasteiger partial charge is 0.0474 e. The van der Waals surface area contributed by atoms with Gasteiger partial charge in [-0.15, -0.1) is 0 Å². The lowest BCUT2D eigenvalue weighted by Crippen LogP contribution is -2.56. The van der Waals surface area contributed by atoms with E-state index in [9.17, 15) is 0 Å². The number of hydrogen-bond donors (Lipinski definition) is 1. The molecule has 1 heterocycles. The molecule has 1 aromatic carbocycles. The van der Waals surface area contributed by atoms with E-state index in [2.05, 4.69) is 62.7 Å². The van der Waals surface area contributed by atoms with Crippen LogP contribution >= 0.6 is 0 Å². The Kier molecular flexibility index (Phi) is 4.84. The van der Waals surface area contributed by atoms with Gasteiger partial charge in [-0.1, -0.05) is 18.2 Å². The minimum Gasteiger partial charge on any atom is -0.329 e. The van der Waals surface area contributed by atoms with E-state index in [1.165, 1.54) is 16.7 Å². The van der Waals surface area contributed by atoms with Crippen LogP contribution in [0.15, 0.2) is 18.2 Å². The lowest BCUT2D eigenvalue weighted by molar-refractivity contribution is 0.0350. The second-order valence-electron chi connectivity index (χ2n) is 6.36. The van der Waals surface area contributed by atoms with E-state index in [0.717, 1.165) is 13.1 Å². The van der Waals surface area contributed by atoms with E-state index < -0.39 is 0 Å². The van der Waals surface area contributed by atoms with E-state index in [4.69, 9.17) is 5.73 Å². The fourth-order valence-electron chi connectivity index (χ4n) is 3.31. The number of piperazine rings is 1. The fourth-order valence-corrected chi connectivity index (χ4v) is 3.31. The summed E-state index contributed by atoms with van der Waals surface area (Å²) >= 11 is 0. The van der Waals surface area contributed by atoms with Crippen molar-refractivity contribution in [1.29, 1.82) is 0 Å². The third kappa shape index (κ3) is 2.90. The van der Waals surface area contributed by atoms with Gasteiger partial charge in [0.05, 0.1) is 0 Å². The van der Waals surface area contributed by atoms with Crippen molar-refractivity contribution in [3.05, 3.63) is 34.9 Å². The molecule has 1 fully saturated rings. The summed E-state index contributed by atoms with van der Waals surface area (Å²) in [6, 6.07) is 8.09. The van der Waals surface area contributed by atoms with Gasteiger partial charge in [-0.25, -0.2) is 0 Å². The summed E-state index contributed by atoms with van der Waals surface area (Å²) in [4.78, 5) is 5.03. The molecule has 1 aliphatic heterocycles. The number of likely N-dealkylation sites (N-methyl/N-ethyl adjacent to an activating group) is 1. The van der Waals surface area contributed by atoms with Gasteiger partial charge in [0.25, 0.3) is 0 Å². The molecule has 20 heavy (non-hydrogen) atoms. The zero-order valence-corrected chi connectivity index (χ0v) is 13.6. The summed E-state index contributed by atoms with van der Waals surface area (Å²) in [7, 11) is 2.22. The third-order valence-corrected chi connectivity index (χ3v) is 5.06. The predicted molar refractivity (Wildman–Crippen MR) is 86.0 cm³/mol. The quantitative estimate of drug-likeness (QED) is 0.919. The molecule has 1 aliphatic rings. The van der Waals surface area contributed by atoms with E-state index in [0.29, 0.717) is 24.7 Å². The summed E-state index contributed by atoms with van der Waals surface area (Å²) in [6.07, 6.45) is 0. The molecule has 0 aromatic heterocycles. The molecule has 112 valence electrons. The molecule has 1 aromatic rings. The Morgan fingerprint density at radius 1 is 1.20 bits per heavy atom. The third-order valence-electron chi connectivity index (χ3n) is 5.06. The van der Waals surface area contributed by atoms with Crippen molar-refractivity contribution in [3.8, 4) is 0 Å². The molecule has 0 amide bonds. The summed E-state index contributed by atoms with van der Waals surface area (Å²) in [5.41, 5.74) is 10.3. The van der Waals surface area contributed by atoms with Crippen molar-refractivity contribution in [1.82, 2.24) is 9.80 Å². The minimum atomic E-state index is 0.341. The number of benzene rings is 1. The van der Waals surface area contributed by atoms with Gasteiger partial charge in [-0.3, -0.25) is 9.80 Å². The van der Waals surface area contributed by atoms with Crippen molar-refractivity contribution in [3.63, 3.8) is 0 Å². The first kappa shape index (κ1) is 15.5. The molecular formula is C17H29N3. The van der Waals surface area contributed by atoms with Gasteiger partial charge in [0.15, 0.2) is 0 Å². The van der Waals surface area contributed by atoms with Gasteiger partial charge in [0, 0.05) is 37.8 Å². The summed E-state index contributed by atoms with van der Waals surface area (Å²) < 4.78 is 0. The maximum absolute atomic E-state index is 6.12. The number of aryl methyl sites for hydroxylation is 1. The molecule has 3 heteroatoms. The zero-order valence-electron chi connectivity index (χ0n) is 13.6. The SMILES string of the molecule is Cc1cccc(C(CN)N2CC(C)N(C)C(C)C2)c1C. The van der Waals surface area contributed by atoms with Gasteiger partial charge >= 0.3 is 0 Å². The molecule has 3 atom stereocenters. The molecule has 0 aliphatic carbocycles. The van der Waals surface area contributed by atoms with Crippen molar-refractivity contribution >= 4 is 0 Å². The molecule has 2 N–H and O–H groups in total. The topological polar surface area (TPSA) is 32.5 Å². The second kappa shape index (κ2) is 6.25. The first-order valence-corrected chi connectivity index (χ1v) is 7.67. The number of nitrogens with zero attached hydrogens (tertiary/aromatic N) is 2. The normalized spacial score (nSPS) is 26.7. The molecule has 1 saturated heterocycles. The lowest BCUT2D eigenvalue weighted by atomic mass is 9.94. The highest BCUT2D eigenvalue weighted by Gasteiger charge is 2.31. The van der Waals surface area contributed by atoms with Crippen LogP contribution in [0.4, 0.5) is 0 Å². The minimum absolute atomic E-state index is 0.341. The molecule has 0 bridgehead atoms. The van der Waals surface area contributed by atoms with E-state index >= 15 is 0 Å². The van der Waals surface area contributed by atoms with Gasteiger partial charge in [-0.2, -0.15) is 0 Å². The summed E-state index contributed by atoms with van der Waals surface area (Å²) in [5, 5.41) is 0. The van der Waals surface area contributed by atoms with Crippen molar-refractivity contribution in [2.75, 3.05) is 26.7 Å². The number of nitrogens with two attached hydrogens (primary N) is 1. The van der Waals surface area contributed by atoms with Crippen molar-refractivity contribution in [2.24, 2.45) is 5.73 Å². The Morgan fingerprint density at radius 2 is 1.80 bits per heavy atom. The first-order valence-electron chi connectivity index (χ1n) is 7.67. The molecule has 3 nitrogen and oxygen atoms in total. The number of rotatable bonds is 3. The predicted octanol–water partition coefficient (Wildman–Crippen LogP) is 2.33. The van der Waals surface area contributed by atoms with E-state index in [1.807, 2.05) is 0 Å². The standard InChI is InChI=1S/C17H29N3/c1-12-7-6-8-16(15(12)4)17(9-18)20-10-13(2)19(5)14(3)11-20/h6-8,13-14,17H,9-11,18H2,1-5H3. The molecule has 0 spiro atoms. The van der Waals surface area contributed by atoms with Crippen LogP contribution in [0.2, 0.25) is 0 Å². The largest absolute Gasteiger partial charge is 0.329 e. The van der Waals surface area contributed by atoms with Crippen LogP contribution in [-0.2, 0) is 0 Å². The van der Waals surface area contributed by atoms with Gasteiger partial charge < -0.3 is 5.73 Å². The van der Waals surface area contributed by atoms with Crippen LogP contribution in [0.1, 0.15) is 36.6 Å². The second-order valence-corrected chi connectivity index (χ2v) is 6.36.